The minimum absolute atomic E-state index is 0.175. The first-order valence-electron chi connectivity index (χ1n) is 6.00. The van der Waals surface area contributed by atoms with Crippen LogP contribution in [0.2, 0.25) is 5.02 Å². The SMILES string of the molecule is O=C(Nc1ccc([N+](=O)[O-])cc1)c1cc([N+](=O)[O-])cc(Cl)c1[O-]. The summed E-state index contributed by atoms with van der Waals surface area (Å²) in [5, 5.41) is 35.0. The molecule has 0 aliphatic heterocycles. The van der Waals surface area contributed by atoms with Gasteiger partial charge in [0.25, 0.3) is 17.3 Å². The highest BCUT2D eigenvalue weighted by Gasteiger charge is 2.16. The van der Waals surface area contributed by atoms with E-state index >= 15 is 0 Å². The third-order valence-electron chi connectivity index (χ3n) is 2.82. The summed E-state index contributed by atoms with van der Waals surface area (Å²) < 4.78 is 0. The quantitative estimate of drug-likeness (QED) is 0.672. The van der Waals surface area contributed by atoms with Gasteiger partial charge in [-0.25, -0.2) is 0 Å². The van der Waals surface area contributed by atoms with Crippen LogP contribution in [0.5, 0.6) is 5.75 Å². The second-order valence-corrected chi connectivity index (χ2v) is 4.73. The molecule has 1 amide bonds. The number of halogens is 1. The van der Waals surface area contributed by atoms with Crippen molar-refractivity contribution in [3.63, 3.8) is 0 Å². The molecule has 23 heavy (non-hydrogen) atoms. The Bertz CT molecular complexity index is 806. The Morgan fingerprint density at radius 2 is 1.57 bits per heavy atom. The number of carbonyl (C=O) groups excluding carboxylic acids is 1. The van der Waals surface area contributed by atoms with Gasteiger partial charge in [0.05, 0.1) is 9.85 Å². The second kappa shape index (κ2) is 6.28. The average Bonchev–Trinajstić information content (AvgIpc) is 2.50. The number of nitrogens with zero attached hydrogens (tertiary/aromatic N) is 2. The highest BCUT2D eigenvalue weighted by molar-refractivity contribution is 6.33. The summed E-state index contributed by atoms with van der Waals surface area (Å²) >= 11 is 5.59. The van der Waals surface area contributed by atoms with Crippen LogP contribution in [-0.4, -0.2) is 15.8 Å². The van der Waals surface area contributed by atoms with Crippen molar-refractivity contribution >= 4 is 34.6 Å². The minimum atomic E-state index is -0.908. The molecule has 0 radical (unpaired) electrons. The van der Waals surface area contributed by atoms with Gasteiger partial charge in [-0.15, -0.1) is 0 Å². The molecular formula is C13H7ClN3O6-. The lowest BCUT2D eigenvalue weighted by molar-refractivity contribution is -0.385. The minimum Gasteiger partial charge on any atom is -0.871 e. The zero-order chi connectivity index (χ0) is 17.1. The molecule has 0 heterocycles. The fourth-order valence-corrected chi connectivity index (χ4v) is 1.93. The summed E-state index contributed by atoms with van der Waals surface area (Å²) in [6.07, 6.45) is 0. The van der Waals surface area contributed by atoms with Crippen LogP contribution in [0.25, 0.3) is 0 Å². The third-order valence-corrected chi connectivity index (χ3v) is 3.10. The van der Waals surface area contributed by atoms with Crippen molar-refractivity contribution in [1.82, 2.24) is 0 Å². The first-order chi connectivity index (χ1) is 10.8. The lowest BCUT2D eigenvalue weighted by Crippen LogP contribution is -2.15. The molecule has 0 unspecified atom stereocenters. The van der Waals surface area contributed by atoms with Gasteiger partial charge in [-0.3, -0.25) is 25.0 Å². The molecule has 1 N–H and O–H groups in total. The van der Waals surface area contributed by atoms with Gasteiger partial charge in [-0.05, 0) is 12.1 Å². The summed E-state index contributed by atoms with van der Waals surface area (Å²) in [4.78, 5) is 31.9. The van der Waals surface area contributed by atoms with Crippen molar-refractivity contribution in [2.45, 2.75) is 0 Å². The lowest BCUT2D eigenvalue weighted by atomic mass is 10.1. The number of hydrogen-bond acceptors (Lipinski definition) is 6. The molecule has 10 heteroatoms. The second-order valence-electron chi connectivity index (χ2n) is 4.32. The molecule has 0 atom stereocenters. The number of anilines is 1. The van der Waals surface area contributed by atoms with E-state index in [4.69, 9.17) is 11.6 Å². The molecular weight excluding hydrogens is 330 g/mol. The Kier molecular flexibility index (Phi) is 4.42. The predicted octanol–water partition coefficient (Wildman–Crippen LogP) is 2.48. The smallest absolute Gasteiger partial charge is 0.271 e. The van der Waals surface area contributed by atoms with E-state index in [0.717, 1.165) is 24.3 Å². The van der Waals surface area contributed by atoms with Gasteiger partial charge in [0.15, 0.2) is 0 Å². The van der Waals surface area contributed by atoms with Gasteiger partial charge in [0.2, 0.25) is 0 Å². The molecule has 0 spiro atoms. The van der Waals surface area contributed by atoms with Crippen LogP contribution in [-0.2, 0) is 0 Å². The van der Waals surface area contributed by atoms with Crippen molar-refractivity contribution in [1.29, 1.82) is 0 Å². The summed E-state index contributed by atoms with van der Waals surface area (Å²) in [5.74, 6) is -1.76. The van der Waals surface area contributed by atoms with E-state index in [9.17, 15) is 30.1 Å². The van der Waals surface area contributed by atoms with Crippen LogP contribution >= 0.6 is 11.6 Å². The molecule has 0 aliphatic rings. The van der Waals surface area contributed by atoms with Crippen LogP contribution in [0, 0.1) is 20.2 Å². The molecule has 118 valence electrons. The average molecular weight is 337 g/mol. The Labute approximate surface area is 133 Å². The van der Waals surface area contributed by atoms with Gasteiger partial charge in [0, 0.05) is 40.5 Å². The van der Waals surface area contributed by atoms with E-state index in [2.05, 4.69) is 5.32 Å². The number of amides is 1. The summed E-state index contributed by atoms with van der Waals surface area (Å²) in [5.41, 5.74) is -0.987. The van der Waals surface area contributed by atoms with Gasteiger partial charge < -0.3 is 10.4 Å². The predicted molar refractivity (Wildman–Crippen MR) is 78.6 cm³/mol. The monoisotopic (exact) mass is 336 g/mol. The van der Waals surface area contributed by atoms with E-state index in [-0.39, 0.29) is 11.4 Å². The van der Waals surface area contributed by atoms with Crippen molar-refractivity contribution in [2.75, 3.05) is 5.32 Å². The zero-order valence-electron chi connectivity index (χ0n) is 11.2. The number of benzene rings is 2. The van der Waals surface area contributed by atoms with E-state index in [1.807, 2.05) is 0 Å². The van der Waals surface area contributed by atoms with E-state index in [1.165, 1.54) is 12.1 Å². The molecule has 9 nitrogen and oxygen atoms in total. The Morgan fingerprint density at radius 3 is 2.09 bits per heavy atom. The molecule has 0 saturated heterocycles. The first kappa shape index (κ1) is 16.2. The van der Waals surface area contributed by atoms with Crippen LogP contribution < -0.4 is 10.4 Å². The molecule has 0 saturated carbocycles. The summed E-state index contributed by atoms with van der Waals surface area (Å²) in [7, 11) is 0. The van der Waals surface area contributed by atoms with Gasteiger partial charge in [-0.1, -0.05) is 17.4 Å². The van der Waals surface area contributed by atoms with Gasteiger partial charge in [-0.2, -0.15) is 0 Å². The largest absolute Gasteiger partial charge is 0.871 e. The Balaban J connectivity index is 2.30. The maximum atomic E-state index is 12.1. The molecule has 0 aliphatic carbocycles. The summed E-state index contributed by atoms with van der Waals surface area (Å²) in [6, 6.07) is 6.52. The van der Waals surface area contributed by atoms with Crippen molar-refractivity contribution < 1.29 is 19.7 Å². The topological polar surface area (TPSA) is 138 Å². The van der Waals surface area contributed by atoms with Crippen LogP contribution in [0.15, 0.2) is 36.4 Å². The number of carbonyl (C=O) groups is 1. The standard InChI is InChI=1S/C13H8ClN3O6/c14-11-6-9(17(22)23)5-10(12(11)18)13(19)15-7-1-3-8(4-2-7)16(20)21/h1-6,18H,(H,15,19)/p-1. The highest BCUT2D eigenvalue weighted by atomic mass is 35.5. The number of rotatable bonds is 4. The first-order valence-corrected chi connectivity index (χ1v) is 6.38. The number of hydrogen-bond donors (Lipinski definition) is 1. The molecule has 2 aromatic carbocycles. The maximum absolute atomic E-state index is 12.1. The number of nitro groups is 2. The van der Waals surface area contributed by atoms with Crippen LogP contribution in [0.3, 0.4) is 0 Å². The molecule has 0 bridgehead atoms. The molecule has 0 fully saturated rings. The molecule has 2 aromatic rings. The fourth-order valence-electron chi connectivity index (χ4n) is 1.72. The van der Waals surface area contributed by atoms with Crippen LogP contribution in [0.4, 0.5) is 17.1 Å². The number of nitro benzene ring substituents is 2. The lowest BCUT2D eigenvalue weighted by Gasteiger charge is -2.15. The third kappa shape index (κ3) is 3.52. The van der Waals surface area contributed by atoms with Crippen LogP contribution in [0.1, 0.15) is 10.4 Å². The molecule has 2 rings (SSSR count). The summed E-state index contributed by atoms with van der Waals surface area (Å²) in [6.45, 7) is 0. The van der Waals surface area contributed by atoms with Crippen molar-refractivity contribution in [3.8, 4) is 5.75 Å². The number of nitrogens with one attached hydrogen (secondary N) is 1. The van der Waals surface area contributed by atoms with E-state index in [0.29, 0.717) is 0 Å². The van der Waals surface area contributed by atoms with Crippen molar-refractivity contribution in [2.24, 2.45) is 0 Å². The Hall–Kier alpha value is -3.20. The molecule has 0 aromatic heterocycles. The van der Waals surface area contributed by atoms with Gasteiger partial charge in [0.1, 0.15) is 0 Å². The Morgan fingerprint density at radius 1 is 1.00 bits per heavy atom. The normalized spacial score (nSPS) is 10.1. The highest BCUT2D eigenvalue weighted by Crippen LogP contribution is 2.30. The zero-order valence-corrected chi connectivity index (χ0v) is 11.9. The van der Waals surface area contributed by atoms with E-state index in [1.54, 1.807) is 0 Å². The fraction of sp³-hybridized carbons (Fsp3) is 0. The van der Waals surface area contributed by atoms with E-state index < -0.39 is 37.8 Å². The number of non-ortho nitro benzene ring substituents is 2. The maximum Gasteiger partial charge on any atom is 0.271 e. The van der Waals surface area contributed by atoms with Gasteiger partial charge >= 0.3 is 0 Å². The van der Waals surface area contributed by atoms with Crippen molar-refractivity contribution in [3.05, 3.63) is 67.2 Å².